The summed E-state index contributed by atoms with van der Waals surface area (Å²) in [5, 5.41) is 12.2. The zero-order valence-electron chi connectivity index (χ0n) is 8.79. The molecule has 3 nitrogen and oxygen atoms in total. The van der Waals surface area contributed by atoms with Crippen molar-refractivity contribution < 1.29 is 9.90 Å². The Hall–Kier alpha value is -1.35. The number of aromatic carboxylic acids is 1. The third-order valence-corrected chi connectivity index (χ3v) is 3.05. The van der Waals surface area contributed by atoms with Crippen LogP contribution in [0.4, 0.5) is 0 Å². The van der Waals surface area contributed by atoms with Crippen LogP contribution in [-0.4, -0.2) is 24.7 Å². The van der Waals surface area contributed by atoms with Crippen molar-refractivity contribution in [2.75, 3.05) is 13.6 Å². The zero-order chi connectivity index (χ0) is 10.8. The van der Waals surface area contributed by atoms with Gasteiger partial charge in [0.25, 0.3) is 0 Å². The van der Waals surface area contributed by atoms with Gasteiger partial charge in [-0.3, -0.25) is 0 Å². The molecule has 2 rings (SSSR count). The van der Waals surface area contributed by atoms with Gasteiger partial charge < -0.3 is 10.4 Å². The van der Waals surface area contributed by atoms with Crippen molar-refractivity contribution in [3.63, 3.8) is 0 Å². The van der Waals surface area contributed by atoms with Crippen LogP contribution in [0.15, 0.2) is 18.2 Å². The number of rotatable bonds is 3. The van der Waals surface area contributed by atoms with Crippen LogP contribution in [0, 0.1) is 0 Å². The smallest absolute Gasteiger partial charge is 0.335 e. The van der Waals surface area contributed by atoms with Crippen LogP contribution in [0.3, 0.4) is 0 Å². The van der Waals surface area contributed by atoms with E-state index in [4.69, 9.17) is 5.11 Å². The third-order valence-electron chi connectivity index (χ3n) is 3.05. The van der Waals surface area contributed by atoms with Gasteiger partial charge in [0.05, 0.1) is 5.56 Å². The van der Waals surface area contributed by atoms with Gasteiger partial charge in [-0.05, 0) is 43.0 Å². The number of hydrogen-bond donors (Lipinski definition) is 2. The van der Waals surface area contributed by atoms with Crippen molar-refractivity contribution in [3.05, 3.63) is 34.9 Å². The Labute approximate surface area is 89.1 Å². The van der Waals surface area contributed by atoms with Crippen LogP contribution in [-0.2, 0) is 6.42 Å². The van der Waals surface area contributed by atoms with Gasteiger partial charge >= 0.3 is 5.97 Å². The summed E-state index contributed by atoms with van der Waals surface area (Å²) in [4.78, 5) is 11.1. The number of nitrogens with one attached hydrogen (secondary N) is 1. The van der Waals surface area contributed by atoms with Gasteiger partial charge in [0.1, 0.15) is 0 Å². The number of carboxylic acids is 1. The van der Waals surface area contributed by atoms with E-state index in [9.17, 15) is 4.79 Å². The fourth-order valence-electron chi connectivity index (χ4n) is 2.42. The maximum atomic E-state index is 11.1. The van der Waals surface area contributed by atoms with E-state index in [2.05, 4.69) is 5.32 Å². The number of carboxylic acid groups (broad SMARTS) is 1. The average molecular weight is 205 g/mol. The Kier molecular flexibility index (Phi) is 2.73. The van der Waals surface area contributed by atoms with E-state index < -0.39 is 5.97 Å². The van der Waals surface area contributed by atoms with Crippen LogP contribution in [0.5, 0.6) is 0 Å². The first-order valence-electron chi connectivity index (χ1n) is 5.23. The zero-order valence-corrected chi connectivity index (χ0v) is 8.79. The van der Waals surface area contributed by atoms with E-state index in [-0.39, 0.29) is 0 Å². The molecule has 1 aliphatic carbocycles. The van der Waals surface area contributed by atoms with Gasteiger partial charge in [0, 0.05) is 6.54 Å². The van der Waals surface area contributed by atoms with Crippen LogP contribution < -0.4 is 5.32 Å². The van der Waals surface area contributed by atoms with Crippen LogP contribution in [0.1, 0.15) is 33.8 Å². The molecule has 1 unspecified atom stereocenters. The molecule has 0 radical (unpaired) electrons. The minimum atomic E-state index is -0.810. The van der Waals surface area contributed by atoms with E-state index >= 15 is 0 Å². The Bertz CT molecular complexity index is 385. The molecule has 0 saturated carbocycles. The quantitative estimate of drug-likeness (QED) is 0.788. The lowest BCUT2D eigenvalue weighted by molar-refractivity contribution is 0.0695. The lowest BCUT2D eigenvalue weighted by Crippen LogP contribution is -2.17. The molecule has 0 saturated heterocycles. The van der Waals surface area contributed by atoms with Gasteiger partial charge in [0.15, 0.2) is 0 Å². The highest BCUT2D eigenvalue weighted by molar-refractivity contribution is 5.90. The monoisotopic (exact) mass is 205 g/mol. The molecule has 0 aliphatic heterocycles. The minimum Gasteiger partial charge on any atom is -0.478 e. The van der Waals surface area contributed by atoms with E-state index in [1.54, 1.807) is 6.07 Å². The number of carbonyl (C=O) groups is 1. The maximum Gasteiger partial charge on any atom is 0.335 e. The highest BCUT2D eigenvalue weighted by Gasteiger charge is 2.26. The maximum absolute atomic E-state index is 11.1. The number of fused-ring (bicyclic) bond motifs is 1. The second-order valence-corrected chi connectivity index (χ2v) is 3.98. The van der Waals surface area contributed by atoms with Gasteiger partial charge in [0.2, 0.25) is 0 Å². The highest BCUT2D eigenvalue weighted by atomic mass is 16.4. The van der Waals surface area contributed by atoms with Crippen molar-refractivity contribution in [1.29, 1.82) is 0 Å². The fourth-order valence-corrected chi connectivity index (χ4v) is 2.42. The summed E-state index contributed by atoms with van der Waals surface area (Å²) in [5.41, 5.74) is 2.72. The molecule has 0 fully saturated rings. The molecule has 0 amide bonds. The Morgan fingerprint density at radius 2 is 2.40 bits per heavy atom. The summed E-state index contributed by atoms with van der Waals surface area (Å²) in [7, 11) is 1.90. The molecular formula is C12H15NO2. The number of aryl methyl sites for hydroxylation is 1. The molecule has 80 valence electrons. The SMILES string of the molecule is CNCC1CCc2cccc(C(=O)O)c21. The standard InChI is InChI=1S/C12H15NO2/c1-13-7-9-6-5-8-3-2-4-10(11(8)9)12(14)15/h2-4,9,13H,5-7H2,1H3,(H,14,15). The van der Waals surface area contributed by atoms with Crippen LogP contribution >= 0.6 is 0 Å². The molecule has 1 atom stereocenters. The van der Waals surface area contributed by atoms with E-state index in [1.165, 1.54) is 5.56 Å². The van der Waals surface area contributed by atoms with Crippen molar-refractivity contribution in [1.82, 2.24) is 5.32 Å². The predicted molar refractivity (Wildman–Crippen MR) is 58.4 cm³/mol. The number of benzene rings is 1. The molecule has 1 aromatic carbocycles. The fraction of sp³-hybridized carbons (Fsp3) is 0.417. The molecule has 0 spiro atoms. The van der Waals surface area contributed by atoms with Crippen molar-refractivity contribution in [2.45, 2.75) is 18.8 Å². The molecule has 2 N–H and O–H groups in total. The van der Waals surface area contributed by atoms with Crippen LogP contribution in [0.25, 0.3) is 0 Å². The molecule has 1 aliphatic rings. The summed E-state index contributed by atoms with van der Waals surface area (Å²) in [6.07, 6.45) is 2.06. The minimum absolute atomic E-state index is 0.359. The van der Waals surface area contributed by atoms with Crippen LogP contribution in [0.2, 0.25) is 0 Å². The lowest BCUT2D eigenvalue weighted by atomic mass is 9.96. The van der Waals surface area contributed by atoms with Gasteiger partial charge in [-0.2, -0.15) is 0 Å². The topological polar surface area (TPSA) is 49.3 Å². The lowest BCUT2D eigenvalue weighted by Gasteiger charge is -2.13. The third kappa shape index (κ3) is 1.75. The normalized spacial score (nSPS) is 18.9. The van der Waals surface area contributed by atoms with Gasteiger partial charge in [-0.15, -0.1) is 0 Å². The molecule has 0 heterocycles. The molecule has 0 aromatic heterocycles. The largest absolute Gasteiger partial charge is 0.478 e. The molecule has 3 heteroatoms. The first kappa shape index (κ1) is 10.2. The summed E-state index contributed by atoms with van der Waals surface area (Å²) in [5.74, 6) is -0.452. The second-order valence-electron chi connectivity index (χ2n) is 3.98. The Balaban J connectivity index is 2.43. The van der Waals surface area contributed by atoms with E-state index in [0.29, 0.717) is 11.5 Å². The molecular weight excluding hydrogens is 190 g/mol. The van der Waals surface area contributed by atoms with Gasteiger partial charge in [-0.25, -0.2) is 4.79 Å². The summed E-state index contributed by atoms with van der Waals surface area (Å²) in [6, 6.07) is 5.58. The van der Waals surface area contributed by atoms with Crippen molar-refractivity contribution in [2.24, 2.45) is 0 Å². The summed E-state index contributed by atoms with van der Waals surface area (Å²) < 4.78 is 0. The molecule has 1 aromatic rings. The van der Waals surface area contributed by atoms with E-state index in [1.807, 2.05) is 19.2 Å². The second kappa shape index (κ2) is 4.03. The summed E-state index contributed by atoms with van der Waals surface area (Å²) >= 11 is 0. The Morgan fingerprint density at radius 3 is 3.07 bits per heavy atom. The summed E-state index contributed by atoms with van der Waals surface area (Å²) in [6.45, 7) is 0.858. The molecule has 15 heavy (non-hydrogen) atoms. The van der Waals surface area contributed by atoms with E-state index in [0.717, 1.165) is 24.9 Å². The molecule has 0 bridgehead atoms. The first-order chi connectivity index (χ1) is 7.24. The highest BCUT2D eigenvalue weighted by Crippen LogP contribution is 2.35. The number of hydrogen-bond acceptors (Lipinski definition) is 2. The van der Waals surface area contributed by atoms with Crippen molar-refractivity contribution in [3.8, 4) is 0 Å². The first-order valence-corrected chi connectivity index (χ1v) is 5.23. The average Bonchev–Trinajstić information content (AvgIpc) is 2.62. The Morgan fingerprint density at radius 1 is 1.60 bits per heavy atom. The predicted octanol–water partition coefficient (Wildman–Crippen LogP) is 1.63. The number of likely N-dealkylation sites (N-methyl/N-ethyl adjacent to an activating group) is 1. The van der Waals surface area contributed by atoms with Crippen molar-refractivity contribution >= 4 is 5.97 Å². The van der Waals surface area contributed by atoms with Gasteiger partial charge in [-0.1, -0.05) is 12.1 Å².